The van der Waals surface area contributed by atoms with Gasteiger partial charge in [0.1, 0.15) is 5.65 Å². The Hall–Kier alpha value is -2.48. The van der Waals surface area contributed by atoms with Crippen molar-refractivity contribution in [2.45, 2.75) is 77.1 Å². The van der Waals surface area contributed by atoms with Crippen molar-refractivity contribution in [1.82, 2.24) is 24.3 Å². The Balaban J connectivity index is 1.42. The summed E-state index contributed by atoms with van der Waals surface area (Å²) in [4.78, 5) is 14.6. The van der Waals surface area contributed by atoms with Crippen molar-refractivity contribution >= 4 is 17.0 Å². The second-order valence-electron chi connectivity index (χ2n) is 11.0. The molecule has 36 heavy (non-hydrogen) atoms. The van der Waals surface area contributed by atoms with Crippen LogP contribution in [0.5, 0.6) is 0 Å². The lowest BCUT2D eigenvalue weighted by molar-refractivity contribution is 0.111. The highest BCUT2D eigenvalue weighted by Gasteiger charge is 2.24. The van der Waals surface area contributed by atoms with E-state index in [2.05, 4.69) is 71.0 Å². The van der Waals surface area contributed by atoms with Gasteiger partial charge < -0.3 is 19.9 Å². The number of nitrogens with zero attached hydrogens (tertiary/aromatic N) is 5. The van der Waals surface area contributed by atoms with E-state index in [1.807, 2.05) is 6.20 Å². The molecule has 1 aromatic carbocycles. The van der Waals surface area contributed by atoms with E-state index in [1.54, 1.807) is 0 Å². The molecule has 2 fully saturated rings. The van der Waals surface area contributed by atoms with Gasteiger partial charge in [0.25, 0.3) is 0 Å². The van der Waals surface area contributed by atoms with E-state index in [4.69, 9.17) is 9.97 Å². The highest BCUT2D eigenvalue weighted by Crippen LogP contribution is 2.37. The number of nitrogens with one attached hydrogen (secondary N) is 1. The first-order valence-corrected chi connectivity index (χ1v) is 13.8. The highest BCUT2D eigenvalue weighted by atomic mass is 16.3. The van der Waals surface area contributed by atoms with Crippen LogP contribution in [0.1, 0.15) is 64.0 Å². The molecule has 0 bridgehead atoms. The smallest absolute Gasteiger partial charge is 0.224 e. The van der Waals surface area contributed by atoms with Crippen LogP contribution in [0.4, 0.5) is 5.95 Å². The van der Waals surface area contributed by atoms with Crippen LogP contribution in [0.25, 0.3) is 22.2 Å². The molecule has 1 atom stereocenters. The van der Waals surface area contributed by atoms with E-state index in [0.29, 0.717) is 18.0 Å². The molecule has 0 radical (unpaired) electrons. The van der Waals surface area contributed by atoms with Gasteiger partial charge in [-0.1, -0.05) is 37.6 Å². The number of fused-ring (bicyclic) bond motifs is 1. The van der Waals surface area contributed by atoms with Crippen LogP contribution in [-0.2, 0) is 6.54 Å². The number of aliphatic hydroxyl groups excluding tert-OH is 1. The van der Waals surface area contributed by atoms with Crippen molar-refractivity contribution in [3.05, 3.63) is 42.2 Å². The molecule has 0 amide bonds. The fourth-order valence-electron chi connectivity index (χ4n) is 5.72. The molecule has 3 aromatic rings. The normalized spacial score (nSPS) is 22.7. The SMILES string of the molecule is CCC[C@H](C)Nc1ncc2c(-c3ccc(CN4CCN(C)CC4)cc3)cn([C@H]3CC[C@H](O)CC3)c2n1. The molecule has 3 heterocycles. The topological polar surface area (TPSA) is 69.5 Å². The number of piperazine rings is 1. The third kappa shape index (κ3) is 5.74. The van der Waals surface area contributed by atoms with Gasteiger partial charge in [-0.15, -0.1) is 0 Å². The number of rotatable bonds is 8. The number of likely N-dealkylation sites (N-methyl/N-ethyl adjacent to an activating group) is 1. The zero-order chi connectivity index (χ0) is 25.1. The molecule has 1 saturated carbocycles. The summed E-state index contributed by atoms with van der Waals surface area (Å²) < 4.78 is 2.35. The van der Waals surface area contributed by atoms with Crippen LogP contribution < -0.4 is 5.32 Å². The van der Waals surface area contributed by atoms with E-state index >= 15 is 0 Å². The number of aromatic nitrogens is 3. The monoisotopic (exact) mass is 490 g/mol. The van der Waals surface area contributed by atoms with Gasteiger partial charge >= 0.3 is 0 Å². The molecular formula is C29H42N6O. The fourth-order valence-corrected chi connectivity index (χ4v) is 5.72. The summed E-state index contributed by atoms with van der Waals surface area (Å²) in [7, 11) is 2.20. The fraction of sp³-hybridized carbons (Fsp3) is 0.586. The molecule has 5 rings (SSSR count). The minimum Gasteiger partial charge on any atom is -0.393 e. The van der Waals surface area contributed by atoms with Crippen molar-refractivity contribution in [2.75, 3.05) is 38.5 Å². The van der Waals surface area contributed by atoms with E-state index < -0.39 is 0 Å². The van der Waals surface area contributed by atoms with Gasteiger partial charge in [0.05, 0.1) is 6.10 Å². The lowest BCUT2D eigenvalue weighted by Crippen LogP contribution is -2.43. The second kappa shape index (κ2) is 11.3. The average molecular weight is 491 g/mol. The lowest BCUT2D eigenvalue weighted by atomic mass is 9.93. The van der Waals surface area contributed by atoms with Gasteiger partial charge in [-0.25, -0.2) is 4.98 Å². The van der Waals surface area contributed by atoms with Gasteiger partial charge in [-0.3, -0.25) is 4.90 Å². The number of anilines is 1. The summed E-state index contributed by atoms with van der Waals surface area (Å²) in [6.07, 6.45) is 9.98. The maximum absolute atomic E-state index is 10.1. The zero-order valence-electron chi connectivity index (χ0n) is 22.2. The number of hydrogen-bond acceptors (Lipinski definition) is 6. The molecule has 2 aromatic heterocycles. The van der Waals surface area contributed by atoms with E-state index in [-0.39, 0.29) is 6.10 Å². The van der Waals surface area contributed by atoms with Crippen LogP contribution in [0, 0.1) is 0 Å². The van der Waals surface area contributed by atoms with Gasteiger partial charge in [0.2, 0.25) is 5.95 Å². The predicted octanol–water partition coefficient (Wildman–Crippen LogP) is 4.92. The van der Waals surface area contributed by atoms with Gasteiger partial charge in [0, 0.05) is 68.2 Å². The predicted molar refractivity (Wildman–Crippen MR) is 147 cm³/mol. The largest absolute Gasteiger partial charge is 0.393 e. The van der Waals surface area contributed by atoms with Crippen LogP contribution in [0.3, 0.4) is 0 Å². The maximum atomic E-state index is 10.1. The van der Waals surface area contributed by atoms with E-state index in [9.17, 15) is 5.11 Å². The second-order valence-corrected chi connectivity index (χ2v) is 11.0. The minimum atomic E-state index is -0.169. The first-order valence-electron chi connectivity index (χ1n) is 13.8. The highest BCUT2D eigenvalue weighted by molar-refractivity contribution is 5.94. The molecule has 1 aliphatic carbocycles. The Kier molecular flexibility index (Phi) is 7.89. The van der Waals surface area contributed by atoms with Gasteiger partial charge in [0.15, 0.2) is 0 Å². The first kappa shape index (κ1) is 25.2. The van der Waals surface area contributed by atoms with Crippen molar-refractivity contribution < 1.29 is 5.11 Å². The average Bonchev–Trinajstić information content (AvgIpc) is 3.25. The van der Waals surface area contributed by atoms with Crippen molar-refractivity contribution in [3.63, 3.8) is 0 Å². The number of hydrogen-bond donors (Lipinski definition) is 2. The van der Waals surface area contributed by atoms with Crippen LogP contribution in [0.15, 0.2) is 36.7 Å². The zero-order valence-corrected chi connectivity index (χ0v) is 22.2. The molecule has 0 unspecified atom stereocenters. The van der Waals surface area contributed by atoms with Gasteiger partial charge in [-0.2, -0.15) is 4.98 Å². The Bertz CT molecular complexity index is 1130. The molecular weight excluding hydrogens is 448 g/mol. The Morgan fingerprint density at radius 1 is 1.06 bits per heavy atom. The van der Waals surface area contributed by atoms with Crippen LogP contribution >= 0.6 is 0 Å². The van der Waals surface area contributed by atoms with Crippen molar-refractivity contribution in [1.29, 1.82) is 0 Å². The standard InChI is InChI=1S/C29H42N6O/c1-4-5-21(2)31-29-30-18-26-27(20-35(28(26)32-29)24-10-12-25(36)13-11-24)23-8-6-22(7-9-23)19-34-16-14-33(3)15-17-34/h6-9,18,20-21,24-25,36H,4-5,10-17,19H2,1-3H3,(H,30,31,32)/t21-,24-,25-/m0/s1. The molecule has 2 aliphatic rings. The Morgan fingerprint density at radius 3 is 2.47 bits per heavy atom. The molecule has 7 nitrogen and oxygen atoms in total. The van der Waals surface area contributed by atoms with Gasteiger partial charge in [-0.05, 0) is 57.2 Å². The lowest BCUT2D eigenvalue weighted by Gasteiger charge is -2.32. The first-order chi connectivity index (χ1) is 17.5. The molecule has 1 saturated heterocycles. The summed E-state index contributed by atoms with van der Waals surface area (Å²) in [6.45, 7) is 9.95. The summed E-state index contributed by atoms with van der Waals surface area (Å²) >= 11 is 0. The Morgan fingerprint density at radius 2 is 1.78 bits per heavy atom. The molecule has 2 N–H and O–H groups in total. The summed E-state index contributed by atoms with van der Waals surface area (Å²) in [5, 5.41) is 14.7. The third-order valence-corrected chi connectivity index (χ3v) is 8.00. The van der Waals surface area contributed by atoms with Crippen molar-refractivity contribution in [2.24, 2.45) is 0 Å². The molecule has 1 aliphatic heterocycles. The molecule has 194 valence electrons. The summed E-state index contributed by atoms with van der Waals surface area (Å²) in [5.41, 5.74) is 4.76. The van der Waals surface area contributed by atoms with Crippen LogP contribution in [-0.4, -0.2) is 74.8 Å². The van der Waals surface area contributed by atoms with Crippen molar-refractivity contribution in [3.8, 4) is 11.1 Å². The van der Waals surface area contributed by atoms with E-state index in [1.165, 1.54) is 16.7 Å². The van der Waals surface area contributed by atoms with E-state index in [0.717, 1.165) is 82.3 Å². The molecule has 7 heteroatoms. The quantitative estimate of drug-likeness (QED) is 0.467. The maximum Gasteiger partial charge on any atom is 0.224 e. The third-order valence-electron chi connectivity index (χ3n) is 8.00. The molecule has 0 spiro atoms. The minimum absolute atomic E-state index is 0.169. The summed E-state index contributed by atoms with van der Waals surface area (Å²) in [5.74, 6) is 0.702. The summed E-state index contributed by atoms with van der Waals surface area (Å²) in [6, 6.07) is 9.76. The number of benzene rings is 1. The Labute approximate surface area is 215 Å². The van der Waals surface area contributed by atoms with Crippen LogP contribution in [0.2, 0.25) is 0 Å². The number of aliphatic hydroxyl groups is 1.